The number of halogens is 2. The van der Waals surface area contributed by atoms with Gasteiger partial charge in [-0.2, -0.15) is 0 Å². The number of benzene rings is 3. The highest BCUT2D eigenvalue weighted by Crippen LogP contribution is 2.44. The Morgan fingerprint density at radius 2 is 1.59 bits per heavy atom. The molecule has 0 saturated carbocycles. The highest BCUT2D eigenvalue weighted by molar-refractivity contribution is 6.33. The molecular weight excluding hydrogens is 449 g/mol. The van der Waals surface area contributed by atoms with Gasteiger partial charge < -0.3 is 15.2 Å². The second kappa shape index (κ2) is 9.63. The number of carboxylic acid groups (broad SMARTS) is 1. The molecule has 1 aliphatic carbocycles. The van der Waals surface area contributed by atoms with Crippen LogP contribution in [-0.2, 0) is 16.0 Å². The number of amides is 1. The maximum absolute atomic E-state index is 12.4. The number of hydrogen-bond acceptors (Lipinski definition) is 3. The summed E-state index contributed by atoms with van der Waals surface area (Å²) in [5.41, 5.74) is 5.15. The molecule has 1 unspecified atom stereocenters. The van der Waals surface area contributed by atoms with Gasteiger partial charge >= 0.3 is 12.1 Å². The van der Waals surface area contributed by atoms with Crippen LogP contribution in [0.1, 0.15) is 29.0 Å². The van der Waals surface area contributed by atoms with E-state index in [1.807, 2.05) is 36.4 Å². The highest BCUT2D eigenvalue weighted by Gasteiger charge is 2.29. The summed E-state index contributed by atoms with van der Waals surface area (Å²) >= 11 is 12.1. The average molecular weight is 470 g/mol. The van der Waals surface area contributed by atoms with Crippen molar-refractivity contribution in [3.63, 3.8) is 0 Å². The maximum atomic E-state index is 12.4. The predicted molar refractivity (Wildman–Crippen MR) is 124 cm³/mol. The molecule has 5 nitrogen and oxygen atoms in total. The number of carbonyl (C=O) groups excluding carboxylic acids is 1. The monoisotopic (exact) mass is 469 g/mol. The first-order valence-electron chi connectivity index (χ1n) is 10.2. The summed E-state index contributed by atoms with van der Waals surface area (Å²) in [7, 11) is 0. The number of carboxylic acids is 1. The fraction of sp³-hybridized carbons (Fsp3) is 0.200. The van der Waals surface area contributed by atoms with Gasteiger partial charge in [0.1, 0.15) is 12.6 Å². The predicted octanol–water partition coefficient (Wildman–Crippen LogP) is 5.92. The summed E-state index contributed by atoms with van der Waals surface area (Å²) in [6.45, 7) is 0.117. The van der Waals surface area contributed by atoms with E-state index in [0.29, 0.717) is 16.5 Å². The average Bonchev–Trinajstić information content (AvgIpc) is 3.11. The molecule has 4 rings (SSSR count). The van der Waals surface area contributed by atoms with Crippen LogP contribution in [0.5, 0.6) is 0 Å². The van der Waals surface area contributed by atoms with Gasteiger partial charge in [0, 0.05) is 16.0 Å². The van der Waals surface area contributed by atoms with Gasteiger partial charge in [-0.25, -0.2) is 9.59 Å². The van der Waals surface area contributed by atoms with Crippen molar-refractivity contribution in [1.29, 1.82) is 0 Å². The molecule has 0 heterocycles. The van der Waals surface area contributed by atoms with E-state index < -0.39 is 18.1 Å². The Morgan fingerprint density at radius 1 is 0.969 bits per heavy atom. The lowest BCUT2D eigenvalue weighted by Crippen LogP contribution is -2.41. The minimum Gasteiger partial charge on any atom is -0.480 e. The van der Waals surface area contributed by atoms with Gasteiger partial charge in [-0.05, 0) is 58.9 Å². The van der Waals surface area contributed by atoms with Gasteiger partial charge in [-0.1, -0.05) is 71.7 Å². The molecule has 0 aromatic heterocycles. The lowest BCUT2D eigenvalue weighted by atomic mass is 9.98. The lowest BCUT2D eigenvalue weighted by Gasteiger charge is -2.17. The number of rotatable bonds is 7. The van der Waals surface area contributed by atoms with Crippen molar-refractivity contribution in [2.45, 2.75) is 24.8 Å². The van der Waals surface area contributed by atoms with Crippen LogP contribution in [-0.4, -0.2) is 29.8 Å². The standard InChI is InChI=1S/C25H21Cl2NO4/c26-16-10-11-22(27)15(13-16)9-12-23(24(29)30)28-25(31)32-14-21-19-7-3-1-5-17(19)18-6-2-4-8-20(18)21/h1-8,10-11,13,21,23H,9,12,14H2,(H,28,31)(H,29,30). The van der Waals surface area contributed by atoms with Crippen molar-refractivity contribution >= 4 is 35.3 Å². The third-order valence-corrected chi connectivity index (χ3v) is 6.25. The molecule has 0 aliphatic heterocycles. The van der Waals surface area contributed by atoms with E-state index >= 15 is 0 Å². The largest absolute Gasteiger partial charge is 0.480 e. The number of fused-ring (bicyclic) bond motifs is 3. The van der Waals surface area contributed by atoms with Crippen molar-refractivity contribution in [2.24, 2.45) is 0 Å². The molecule has 1 amide bonds. The molecule has 0 radical (unpaired) electrons. The lowest BCUT2D eigenvalue weighted by molar-refractivity contribution is -0.139. The van der Waals surface area contributed by atoms with Gasteiger partial charge in [-0.3, -0.25) is 0 Å². The first-order chi connectivity index (χ1) is 15.4. The topological polar surface area (TPSA) is 75.6 Å². The summed E-state index contributed by atoms with van der Waals surface area (Å²) < 4.78 is 5.45. The molecule has 7 heteroatoms. The first kappa shape index (κ1) is 22.2. The number of alkyl carbamates (subject to hydrolysis) is 1. The van der Waals surface area contributed by atoms with Crippen molar-refractivity contribution < 1.29 is 19.4 Å². The van der Waals surface area contributed by atoms with E-state index in [2.05, 4.69) is 17.4 Å². The summed E-state index contributed by atoms with van der Waals surface area (Å²) in [6, 6.07) is 19.9. The normalized spacial score (nSPS) is 13.2. The van der Waals surface area contributed by atoms with Gasteiger partial charge in [0.25, 0.3) is 0 Å². The third kappa shape index (κ3) is 4.74. The molecule has 1 atom stereocenters. The zero-order chi connectivity index (χ0) is 22.7. The van der Waals surface area contributed by atoms with E-state index in [0.717, 1.165) is 27.8 Å². The second-order valence-electron chi connectivity index (χ2n) is 7.64. The van der Waals surface area contributed by atoms with Crippen molar-refractivity contribution in [3.05, 3.63) is 93.5 Å². The van der Waals surface area contributed by atoms with Crippen LogP contribution in [0, 0.1) is 0 Å². The molecule has 0 fully saturated rings. The maximum Gasteiger partial charge on any atom is 0.407 e. The van der Waals surface area contributed by atoms with E-state index in [-0.39, 0.29) is 18.9 Å². The molecule has 164 valence electrons. The zero-order valence-electron chi connectivity index (χ0n) is 17.1. The fourth-order valence-corrected chi connectivity index (χ4v) is 4.48. The molecule has 3 aromatic rings. The Kier molecular flexibility index (Phi) is 6.68. The Hall–Kier alpha value is -3.02. The van der Waals surface area contributed by atoms with Crippen LogP contribution in [0.25, 0.3) is 11.1 Å². The second-order valence-corrected chi connectivity index (χ2v) is 8.48. The van der Waals surface area contributed by atoms with E-state index in [9.17, 15) is 14.7 Å². The van der Waals surface area contributed by atoms with Gasteiger partial charge in [0.05, 0.1) is 0 Å². The summed E-state index contributed by atoms with van der Waals surface area (Å²) in [5, 5.41) is 13.0. The SMILES string of the molecule is O=C(NC(CCc1cc(Cl)ccc1Cl)C(=O)O)OCC1c2ccccc2-c2ccccc21. The Labute approximate surface area is 195 Å². The molecule has 0 saturated heterocycles. The Morgan fingerprint density at radius 3 is 2.22 bits per heavy atom. The number of aliphatic carboxylic acids is 1. The van der Waals surface area contributed by atoms with Gasteiger partial charge in [0.2, 0.25) is 0 Å². The van der Waals surface area contributed by atoms with Gasteiger partial charge in [0.15, 0.2) is 0 Å². The number of carbonyl (C=O) groups is 2. The minimum atomic E-state index is -1.14. The van der Waals surface area contributed by atoms with E-state index in [4.69, 9.17) is 27.9 Å². The molecule has 0 bridgehead atoms. The number of hydrogen-bond donors (Lipinski definition) is 2. The van der Waals surface area contributed by atoms with Gasteiger partial charge in [-0.15, -0.1) is 0 Å². The molecule has 1 aliphatic rings. The quantitative estimate of drug-likeness (QED) is 0.450. The number of ether oxygens (including phenoxy) is 1. The van der Waals surface area contributed by atoms with E-state index in [1.165, 1.54) is 0 Å². The van der Waals surface area contributed by atoms with Crippen molar-refractivity contribution in [3.8, 4) is 11.1 Å². The third-order valence-electron chi connectivity index (χ3n) is 5.64. The first-order valence-corrected chi connectivity index (χ1v) is 11.0. The Balaban J connectivity index is 1.39. The van der Waals surface area contributed by atoms with Crippen LogP contribution >= 0.6 is 23.2 Å². The fourth-order valence-electron chi connectivity index (χ4n) is 4.07. The van der Waals surface area contributed by atoms with Crippen LogP contribution < -0.4 is 5.32 Å². The zero-order valence-corrected chi connectivity index (χ0v) is 18.6. The number of aryl methyl sites for hydroxylation is 1. The summed E-state index contributed by atoms with van der Waals surface area (Å²) in [5.74, 6) is -1.24. The molecule has 2 N–H and O–H groups in total. The number of nitrogens with one attached hydrogen (secondary N) is 1. The molecule has 3 aromatic carbocycles. The van der Waals surface area contributed by atoms with Crippen LogP contribution in [0.3, 0.4) is 0 Å². The van der Waals surface area contributed by atoms with Crippen LogP contribution in [0.4, 0.5) is 4.79 Å². The molecule has 32 heavy (non-hydrogen) atoms. The van der Waals surface area contributed by atoms with Crippen molar-refractivity contribution in [1.82, 2.24) is 5.32 Å². The van der Waals surface area contributed by atoms with E-state index in [1.54, 1.807) is 18.2 Å². The highest BCUT2D eigenvalue weighted by atomic mass is 35.5. The minimum absolute atomic E-state index is 0.0957. The molecule has 0 spiro atoms. The Bertz CT molecular complexity index is 1120. The summed E-state index contributed by atoms with van der Waals surface area (Å²) in [4.78, 5) is 24.1. The van der Waals surface area contributed by atoms with Crippen LogP contribution in [0.2, 0.25) is 10.0 Å². The summed E-state index contributed by atoms with van der Waals surface area (Å²) in [6.07, 6.45) is -0.268. The van der Waals surface area contributed by atoms with Crippen molar-refractivity contribution in [2.75, 3.05) is 6.61 Å². The van der Waals surface area contributed by atoms with Crippen LogP contribution in [0.15, 0.2) is 66.7 Å². The molecular formula is C25H21Cl2NO4. The smallest absolute Gasteiger partial charge is 0.407 e.